The van der Waals surface area contributed by atoms with Gasteiger partial charge in [0.15, 0.2) is 0 Å². The molecule has 1 saturated heterocycles. The summed E-state index contributed by atoms with van der Waals surface area (Å²) in [7, 11) is 1.80. The fraction of sp³-hybridized carbons (Fsp3) is 0.867. The molecule has 0 aromatic rings. The third-order valence-corrected chi connectivity index (χ3v) is 4.57. The minimum Gasteiger partial charge on any atom is -0.335 e. The highest BCUT2D eigenvalue weighted by molar-refractivity contribution is 6.34. The number of carbonyl (C=O) groups is 2. The Morgan fingerprint density at radius 3 is 2.37 bits per heavy atom. The molecule has 0 N–H and O–H groups in total. The average Bonchev–Trinajstić information content (AvgIpc) is 2.46. The Hall–Kier alpha value is -1.06. The molecule has 0 spiro atoms. The highest BCUT2D eigenvalue weighted by Gasteiger charge is 2.31. The van der Waals surface area contributed by atoms with E-state index in [1.165, 1.54) is 19.3 Å². The van der Waals surface area contributed by atoms with Crippen LogP contribution in [-0.4, -0.2) is 47.8 Å². The summed E-state index contributed by atoms with van der Waals surface area (Å²) >= 11 is 0. The quantitative estimate of drug-likeness (QED) is 0.681. The lowest BCUT2D eigenvalue weighted by molar-refractivity contribution is -0.153. The van der Waals surface area contributed by atoms with Gasteiger partial charge in [0.05, 0.1) is 0 Å². The smallest absolute Gasteiger partial charge is 0.312 e. The number of hydrogen-bond donors (Lipinski definition) is 0. The topological polar surface area (TPSA) is 40.6 Å². The monoisotopic (exact) mass is 266 g/mol. The van der Waals surface area contributed by atoms with Gasteiger partial charge in [-0.2, -0.15) is 0 Å². The van der Waals surface area contributed by atoms with Crippen molar-refractivity contribution >= 4 is 11.8 Å². The lowest BCUT2D eigenvalue weighted by atomic mass is 9.94. The molecule has 1 atom stereocenters. The van der Waals surface area contributed by atoms with E-state index in [2.05, 4.69) is 6.92 Å². The predicted molar refractivity (Wildman–Crippen MR) is 74.6 cm³/mol. The van der Waals surface area contributed by atoms with E-state index in [4.69, 9.17) is 0 Å². The molecule has 2 amide bonds. The normalized spacial score (nSPS) is 25.2. The summed E-state index contributed by atoms with van der Waals surface area (Å²) in [4.78, 5) is 28.0. The highest BCUT2D eigenvalue weighted by Crippen LogP contribution is 2.22. The summed E-state index contributed by atoms with van der Waals surface area (Å²) in [6.07, 6.45) is 7.90. The average molecular weight is 266 g/mol. The molecule has 108 valence electrons. The van der Waals surface area contributed by atoms with Crippen molar-refractivity contribution in [1.82, 2.24) is 9.80 Å². The lowest BCUT2D eigenvalue weighted by Crippen LogP contribution is -2.50. The van der Waals surface area contributed by atoms with Gasteiger partial charge >= 0.3 is 11.8 Å². The maximum Gasteiger partial charge on any atom is 0.312 e. The molecule has 1 aliphatic heterocycles. The van der Waals surface area contributed by atoms with Gasteiger partial charge in [-0.1, -0.05) is 26.2 Å². The molecule has 0 aromatic carbocycles. The van der Waals surface area contributed by atoms with Crippen molar-refractivity contribution in [3.8, 4) is 0 Å². The number of nitrogens with zero attached hydrogens (tertiary/aromatic N) is 2. The zero-order valence-corrected chi connectivity index (χ0v) is 12.2. The van der Waals surface area contributed by atoms with Gasteiger partial charge in [0.25, 0.3) is 0 Å². The molecule has 1 saturated carbocycles. The third-order valence-electron chi connectivity index (χ3n) is 4.57. The number of carbonyl (C=O) groups excluding carboxylic acids is 2. The Morgan fingerprint density at radius 1 is 1.05 bits per heavy atom. The fourth-order valence-corrected chi connectivity index (χ4v) is 3.29. The molecule has 0 aromatic heterocycles. The van der Waals surface area contributed by atoms with Gasteiger partial charge in [-0.05, 0) is 31.6 Å². The van der Waals surface area contributed by atoms with Gasteiger partial charge in [0.1, 0.15) is 0 Å². The Labute approximate surface area is 116 Å². The first-order chi connectivity index (χ1) is 9.09. The van der Waals surface area contributed by atoms with Gasteiger partial charge < -0.3 is 9.80 Å². The van der Waals surface area contributed by atoms with Crippen LogP contribution in [0, 0.1) is 5.92 Å². The van der Waals surface area contributed by atoms with Gasteiger partial charge in [0.2, 0.25) is 0 Å². The predicted octanol–water partition coefficient (Wildman–Crippen LogP) is 2.04. The Bertz CT molecular complexity index is 337. The highest BCUT2D eigenvalue weighted by atomic mass is 16.2. The first-order valence-electron chi connectivity index (χ1n) is 7.65. The molecular formula is C15H26N2O2. The van der Waals surface area contributed by atoms with Gasteiger partial charge in [0, 0.05) is 26.2 Å². The van der Waals surface area contributed by atoms with Crippen LogP contribution in [0.2, 0.25) is 0 Å². The molecule has 19 heavy (non-hydrogen) atoms. The Balaban J connectivity index is 1.92. The molecule has 1 heterocycles. The largest absolute Gasteiger partial charge is 0.335 e. The number of piperidine rings is 1. The lowest BCUT2D eigenvalue weighted by Gasteiger charge is -2.34. The zero-order chi connectivity index (χ0) is 13.8. The van der Waals surface area contributed by atoms with E-state index in [0.717, 1.165) is 38.8 Å². The summed E-state index contributed by atoms with van der Waals surface area (Å²) in [5.41, 5.74) is 0. The number of rotatable bonds is 1. The molecular weight excluding hydrogens is 240 g/mol. The third kappa shape index (κ3) is 3.48. The zero-order valence-electron chi connectivity index (χ0n) is 12.2. The van der Waals surface area contributed by atoms with Gasteiger partial charge in [-0.25, -0.2) is 0 Å². The number of amides is 2. The summed E-state index contributed by atoms with van der Waals surface area (Å²) in [5.74, 6) is -0.0777. The minimum atomic E-state index is -0.305. The second-order valence-corrected chi connectivity index (χ2v) is 6.21. The van der Waals surface area contributed by atoms with E-state index in [9.17, 15) is 9.59 Å². The van der Waals surface area contributed by atoms with Gasteiger partial charge in [-0.3, -0.25) is 9.59 Å². The van der Waals surface area contributed by atoms with Crippen molar-refractivity contribution in [2.75, 3.05) is 20.1 Å². The SMILES string of the molecule is CC1CCCN(C(=O)C(=O)N(C)C2CCCCC2)C1. The Kier molecular flexibility index (Phi) is 4.83. The second kappa shape index (κ2) is 6.40. The van der Waals surface area contributed by atoms with Crippen molar-refractivity contribution in [1.29, 1.82) is 0 Å². The maximum atomic E-state index is 12.3. The molecule has 4 nitrogen and oxygen atoms in total. The van der Waals surface area contributed by atoms with E-state index < -0.39 is 0 Å². The van der Waals surface area contributed by atoms with Crippen LogP contribution >= 0.6 is 0 Å². The van der Waals surface area contributed by atoms with E-state index in [1.54, 1.807) is 16.8 Å². The summed E-state index contributed by atoms with van der Waals surface area (Å²) in [6.45, 7) is 3.63. The summed E-state index contributed by atoms with van der Waals surface area (Å²) < 4.78 is 0. The van der Waals surface area contributed by atoms with Crippen molar-refractivity contribution < 1.29 is 9.59 Å². The molecule has 1 aliphatic carbocycles. The summed E-state index contributed by atoms with van der Waals surface area (Å²) in [6, 6.07) is 0.271. The molecule has 2 rings (SSSR count). The van der Waals surface area contributed by atoms with Crippen LogP contribution in [0.1, 0.15) is 51.9 Å². The van der Waals surface area contributed by atoms with E-state index in [1.807, 2.05) is 0 Å². The van der Waals surface area contributed by atoms with Crippen molar-refractivity contribution in [2.45, 2.75) is 57.9 Å². The first-order valence-corrected chi connectivity index (χ1v) is 7.65. The van der Waals surface area contributed by atoms with Crippen LogP contribution in [0.15, 0.2) is 0 Å². The molecule has 2 aliphatic rings. The molecule has 1 unspecified atom stereocenters. The fourth-order valence-electron chi connectivity index (χ4n) is 3.29. The van der Waals surface area contributed by atoms with Crippen LogP contribution in [0.3, 0.4) is 0 Å². The van der Waals surface area contributed by atoms with Crippen LogP contribution in [0.25, 0.3) is 0 Å². The first kappa shape index (κ1) is 14.4. The molecule has 0 bridgehead atoms. The van der Waals surface area contributed by atoms with Crippen LogP contribution in [-0.2, 0) is 9.59 Å². The maximum absolute atomic E-state index is 12.3. The minimum absolute atomic E-state index is 0.271. The Morgan fingerprint density at radius 2 is 1.74 bits per heavy atom. The number of likely N-dealkylation sites (N-methyl/N-ethyl adjacent to an activating group) is 1. The van der Waals surface area contributed by atoms with E-state index >= 15 is 0 Å². The van der Waals surface area contributed by atoms with Crippen molar-refractivity contribution in [3.63, 3.8) is 0 Å². The number of hydrogen-bond acceptors (Lipinski definition) is 2. The standard InChI is InChI=1S/C15H26N2O2/c1-12-7-6-10-17(11-12)15(19)14(18)16(2)13-8-4-3-5-9-13/h12-13H,3-11H2,1-2H3. The van der Waals surface area contributed by atoms with Crippen LogP contribution in [0.5, 0.6) is 0 Å². The van der Waals surface area contributed by atoms with Gasteiger partial charge in [-0.15, -0.1) is 0 Å². The van der Waals surface area contributed by atoms with Crippen LogP contribution < -0.4 is 0 Å². The second-order valence-electron chi connectivity index (χ2n) is 6.21. The molecule has 4 heteroatoms. The van der Waals surface area contributed by atoms with Crippen molar-refractivity contribution in [3.05, 3.63) is 0 Å². The van der Waals surface area contributed by atoms with Crippen LogP contribution in [0.4, 0.5) is 0 Å². The molecule has 0 radical (unpaired) electrons. The number of likely N-dealkylation sites (tertiary alicyclic amines) is 1. The summed E-state index contributed by atoms with van der Waals surface area (Å²) in [5, 5.41) is 0. The van der Waals surface area contributed by atoms with E-state index in [0.29, 0.717) is 5.92 Å². The van der Waals surface area contributed by atoms with Crippen molar-refractivity contribution in [2.24, 2.45) is 5.92 Å². The van der Waals surface area contributed by atoms with E-state index in [-0.39, 0.29) is 17.9 Å². The molecule has 2 fully saturated rings.